The normalized spacial score (nSPS) is 19.3. The molecule has 5 nitrogen and oxygen atoms in total. The molecule has 1 saturated heterocycles. The van der Waals surface area contributed by atoms with Gasteiger partial charge in [-0.3, -0.25) is 0 Å². The summed E-state index contributed by atoms with van der Waals surface area (Å²) < 4.78 is 5.80. The van der Waals surface area contributed by atoms with Crippen LogP contribution in [-0.4, -0.2) is 39.1 Å². The van der Waals surface area contributed by atoms with E-state index < -0.39 is 0 Å². The molecule has 0 aromatic heterocycles. The van der Waals surface area contributed by atoms with Crippen LogP contribution in [0.5, 0.6) is 0 Å². The van der Waals surface area contributed by atoms with Gasteiger partial charge in [0.1, 0.15) is 0 Å². The first-order valence-electron chi connectivity index (χ1n) is 7.45. The number of anilines is 1. The van der Waals surface area contributed by atoms with E-state index in [-0.39, 0.29) is 10.6 Å². The first kappa shape index (κ1) is 14.8. The molecule has 1 aliphatic carbocycles. The summed E-state index contributed by atoms with van der Waals surface area (Å²) in [5, 5.41) is 13.6. The molecule has 0 unspecified atom stereocenters. The van der Waals surface area contributed by atoms with Crippen LogP contribution in [0.4, 0.5) is 11.4 Å². The summed E-state index contributed by atoms with van der Waals surface area (Å²) in [6.07, 6.45) is 3.83. The summed E-state index contributed by atoms with van der Waals surface area (Å²) in [4.78, 5) is 13.1. The predicted octanol–water partition coefficient (Wildman–Crippen LogP) is 3.02. The van der Waals surface area contributed by atoms with E-state index >= 15 is 0 Å². The zero-order chi connectivity index (χ0) is 14.7. The number of hydrogen-bond acceptors (Lipinski definition) is 4. The van der Waals surface area contributed by atoms with Crippen molar-refractivity contribution in [3.63, 3.8) is 0 Å². The van der Waals surface area contributed by atoms with Crippen molar-refractivity contribution in [3.8, 4) is 0 Å². The van der Waals surface area contributed by atoms with Gasteiger partial charge >= 0.3 is 130 Å². The zero-order valence-corrected chi connectivity index (χ0v) is 13.7. The quantitative estimate of drug-likeness (QED) is 0.463. The molecule has 0 amide bonds. The van der Waals surface area contributed by atoms with Crippen LogP contribution in [0.25, 0.3) is 0 Å². The molecule has 1 aliphatic heterocycles. The van der Waals surface area contributed by atoms with Crippen LogP contribution in [-0.2, 0) is 11.3 Å². The Morgan fingerprint density at radius 2 is 2.05 bits per heavy atom. The molecule has 114 valence electrons. The molecule has 1 aromatic rings. The third kappa shape index (κ3) is 3.76. The molecule has 0 N–H and O–H groups in total. The molecule has 1 saturated carbocycles. The Hall–Kier alpha value is -1.10. The molecule has 3 rings (SSSR count). The Bertz CT molecular complexity index is 514. The van der Waals surface area contributed by atoms with E-state index in [1.54, 1.807) is 12.1 Å². The molecular formula is C15H20N2O3Se. The summed E-state index contributed by atoms with van der Waals surface area (Å²) in [5.41, 5.74) is 2.07. The number of ether oxygens (including phenoxy) is 1. The van der Waals surface area contributed by atoms with E-state index in [1.807, 2.05) is 0 Å². The fraction of sp³-hybridized carbons (Fsp3) is 0.600. The number of nitrogens with zero attached hydrogens (tertiary/aromatic N) is 2. The van der Waals surface area contributed by atoms with Crippen LogP contribution in [0.2, 0.25) is 10.6 Å². The average Bonchev–Trinajstić information content (AvgIpc) is 2.46. The molecule has 2 fully saturated rings. The monoisotopic (exact) mass is 356 g/mol. The van der Waals surface area contributed by atoms with E-state index in [0.717, 1.165) is 52.1 Å². The molecule has 0 radical (unpaired) electrons. The van der Waals surface area contributed by atoms with Crippen LogP contribution in [0, 0.1) is 10.1 Å². The van der Waals surface area contributed by atoms with Crippen molar-refractivity contribution >= 4 is 26.3 Å². The van der Waals surface area contributed by atoms with Crippen LogP contribution < -0.4 is 4.90 Å². The molecular weight excluding hydrogens is 335 g/mol. The zero-order valence-electron chi connectivity index (χ0n) is 12.0. The molecule has 21 heavy (non-hydrogen) atoms. The van der Waals surface area contributed by atoms with E-state index in [4.69, 9.17) is 4.74 Å². The van der Waals surface area contributed by atoms with Crippen molar-refractivity contribution < 1.29 is 9.66 Å². The van der Waals surface area contributed by atoms with Gasteiger partial charge < -0.3 is 0 Å². The van der Waals surface area contributed by atoms with Gasteiger partial charge in [0, 0.05) is 0 Å². The second-order valence-corrected chi connectivity index (χ2v) is 8.15. The Morgan fingerprint density at radius 3 is 2.67 bits per heavy atom. The van der Waals surface area contributed by atoms with E-state index in [0.29, 0.717) is 12.7 Å². The Morgan fingerprint density at radius 1 is 1.29 bits per heavy atom. The predicted molar refractivity (Wildman–Crippen MR) is 83.1 cm³/mol. The number of rotatable bonds is 5. The van der Waals surface area contributed by atoms with Crippen LogP contribution in [0.15, 0.2) is 18.2 Å². The molecule has 6 heteroatoms. The average molecular weight is 355 g/mol. The summed E-state index contributed by atoms with van der Waals surface area (Å²) >= 11 is 0.743. The first-order valence-corrected chi connectivity index (χ1v) is 9.87. The van der Waals surface area contributed by atoms with Gasteiger partial charge in [0.2, 0.25) is 0 Å². The fourth-order valence-corrected chi connectivity index (χ4v) is 4.50. The van der Waals surface area contributed by atoms with Crippen molar-refractivity contribution in [3.05, 3.63) is 33.9 Å². The van der Waals surface area contributed by atoms with Gasteiger partial charge in [-0.05, 0) is 0 Å². The molecule has 2 aliphatic rings. The Balaban J connectivity index is 1.76. The van der Waals surface area contributed by atoms with Crippen LogP contribution >= 0.6 is 0 Å². The molecule has 1 heterocycles. The maximum absolute atomic E-state index is 11.1. The Kier molecular flexibility index (Phi) is 4.78. The minimum atomic E-state index is -0.301. The number of nitro benzene ring substituents is 1. The number of non-ortho nitro benzene ring substituents is 1. The van der Waals surface area contributed by atoms with Gasteiger partial charge in [0.25, 0.3) is 0 Å². The van der Waals surface area contributed by atoms with Gasteiger partial charge in [0.05, 0.1) is 0 Å². The van der Waals surface area contributed by atoms with Gasteiger partial charge in [0.15, 0.2) is 0 Å². The van der Waals surface area contributed by atoms with Crippen molar-refractivity contribution in [2.24, 2.45) is 0 Å². The summed E-state index contributed by atoms with van der Waals surface area (Å²) in [6, 6.07) is 5.41. The van der Waals surface area contributed by atoms with E-state index in [2.05, 4.69) is 11.0 Å². The van der Waals surface area contributed by atoms with Crippen LogP contribution in [0.1, 0.15) is 24.8 Å². The van der Waals surface area contributed by atoms with Gasteiger partial charge in [-0.25, -0.2) is 0 Å². The number of benzene rings is 1. The van der Waals surface area contributed by atoms with Crippen molar-refractivity contribution in [2.45, 2.75) is 42.6 Å². The van der Waals surface area contributed by atoms with Crippen molar-refractivity contribution in [1.82, 2.24) is 0 Å². The number of hydrogen-bond donors (Lipinski definition) is 0. The molecule has 1 aromatic carbocycles. The maximum atomic E-state index is 11.1. The Labute approximate surface area is 131 Å². The third-order valence-electron chi connectivity index (χ3n) is 4.09. The third-order valence-corrected chi connectivity index (χ3v) is 6.06. The first-order chi connectivity index (χ1) is 10.2. The minimum absolute atomic E-state index is 0.177. The second-order valence-electron chi connectivity index (χ2n) is 5.58. The molecule has 0 spiro atoms. The van der Waals surface area contributed by atoms with Gasteiger partial charge in [-0.1, -0.05) is 0 Å². The van der Waals surface area contributed by atoms with Gasteiger partial charge in [-0.15, -0.1) is 0 Å². The van der Waals surface area contributed by atoms with E-state index in [9.17, 15) is 10.1 Å². The molecule has 0 bridgehead atoms. The molecule has 0 atom stereocenters. The summed E-state index contributed by atoms with van der Waals surface area (Å²) in [7, 11) is 0. The standard InChI is InChI=1S/C15H20N2O3Se/c18-17(19)14-9-12(11-20-15-2-1-3-15)8-13(10-14)16-4-6-21-7-5-16/h8-10,15H,1-7,11H2. The van der Waals surface area contributed by atoms with E-state index in [1.165, 1.54) is 17.1 Å². The summed E-state index contributed by atoms with van der Waals surface area (Å²) in [5.74, 6) is 0. The van der Waals surface area contributed by atoms with Crippen LogP contribution in [0.3, 0.4) is 0 Å². The SMILES string of the molecule is O=[N+]([O-])c1cc(COC2CCC2)cc(N2CC[Se]CC2)c1. The summed E-state index contributed by atoms with van der Waals surface area (Å²) in [6.45, 7) is 2.52. The second kappa shape index (κ2) is 6.77. The fourth-order valence-electron chi connectivity index (χ4n) is 2.60. The number of nitro groups is 1. The topological polar surface area (TPSA) is 55.6 Å². The van der Waals surface area contributed by atoms with Gasteiger partial charge in [-0.2, -0.15) is 0 Å². The van der Waals surface area contributed by atoms with Crippen molar-refractivity contribution in [2.75, 3.05) is 18.0 Å². The van der Waals surface area contributed by atoms with Crippen molar-refractivity contribution in [1.29, 1.82) is 0 Å².